The largest absolute Gasteiger partial charge is 0.391 e. The van der Waals surface area contributed by atoms with Gasteiger partial charge in [0, 0.05) is 11.4 Å². The third-order valence-corrected chi connectivity index (χ3v) is 3.63. The number of nitrogens with zero attached hydrogens (tertiary/aromatic N) is 1. The highest BCUT2D eigenvalue weighted by molar-refractivity contribution is 6.30. The van der Waals surface area contributed by atoms with E-state index >= 15 is 0 Å². The lowest BCUT2D eigenvalue weighted by molar-refractivity contribution is 0.0760. The van der Waals surface area contributed by atoms with Crippen molar-refractivity contribution in [1.82, 2.24) is 4.90 Å². The van der Waals surface area contributed by atoms with Crippen LogP contribution in [0.5, 0.6) is 0 Å². The fraction of sp³-hybridized carbons (Fsp3) is 0.294. The Labute approximate surface area is 125 Å². The summed E-state index contributed by atoms with van der Waals surface area (Å²) < 4.78 is 0. The lowest BCUT2D eigenvalue weighted by Crippen LogP contribution is -2.32. The van der Waals surface area contributed by atoms with E-state index in [-0.39, 0.29) is 6.04 Å². The highest BCUT2D eigenvalue weighted by Crippen LogP contribution is 2.26. The van der Waals surface area contributed by atoms with Crippen molar-refractivity contribution in [3.63, 3.8) is 0 Å². The molecule has 2 unspecified atom stereocenters. The first-order valence-electron chi connectivity index (χ1n) is 6.72. The molecule has 0 aromatic heterocycles. The molecule has 2 aromatic carbocycles. The van der Waals surface area contributed by atoms with Crippen molar-refractivity contribution in [2.75, 3.05) is 14.1 Å². The van der Waals surface area contributed by atoms with Crippen molar-refractivity contribution in [3.05, 3.63) is 70.7 Å². The van der Waals surface area contributed by atoms with Gasteiger partial charge in [-0.3, -0.25) is 0 Å². The number of aliphatic hydroxyl groups excluding tert-OH is 1. The molecule has 2 nitrogen and oxygen atoms in total. The van der Waals surface area contributed by atoms with E-state index in [1.807, 2.05) is 73.6 Å². The maximum atomic E-state index is 10.6. The van der Waals surface area contributed by atoms with E-state index in [0.29, 0.717) is 11.4 Å². The molecule has 2 atom stereocenters. The minimum absolute atomic E-state index is 0.0751. The van der Waals surface area contributed by atoms with Crippen LogP contribution >= 0.6 is 11.6 Å². The molecule has 0 amide bonds. The quantitative estimate of drug-likeness (QED) is 0.910. The molecule has 2 aromatic rings. The average molecular weight is 290 g/mol. The maximum Gasteiger partial charge on any atom is 0.0777 e. The topological polar surface area (TPSA) is 23.5 Å². The SMILES string of the molecule is CN(C)C(c1cccc(Cl)c1)C(O)Cc1ccccc1. The van der Waals surface area contributed by atoms with Gasteiger partial charge >= 0.3 is 0 Å². The van der Waals surface area contributed by atoms with Crippen LogP contribution in [0.2, 0.25) is 5.02 Å². The minimum atomic E-state index is -0.481. The molecule has 0 radical (unpaired) electrons. The van der Waals surface area contributed by atoms with Gasteiger partial charge in [0.15, 0.2) is 0 Å². The lowest BCUT2D eigenvalue weighted by Gasteiger charge is -2.29. The summed E-state index contributed by atoms with van der Waals surface area (Å²) in [6, 6.07) is 17.7. The third-order valence-electron chi connectivity index (χ3n) is 3.40. The second-order valence-corrected chi connectivity index (χ2v) is 5.66. The minimum Gasteiger partial charge on any atom is -0.391 e. The van der Waals surface area contributed by atoms with Gasteiger partial charge in [-0.05, 0) is 37.4 Å². The Balaban J connectivity index is 2.20. The zero-order valence-electron chi connectivity index (χ0n) is 11.8. The molecule has 2 rings (SSSR count). The van der Waals surface area contributed by atoms with Crippen LogP contribution < -0.4 is 0 Å². The monoisotopic (exact) mass is 289 g/mol. The molecule has 0 fully saturated rings. The van der Waals surface area contributed by atoms with Crippen molar-refractivity contribution in [2.24, 2.45) is 0 Å². The highest BCUT2D eigenvalue weighted by atomic mass is 35.5. The number of hydrogen-bond donors (Lipinski definition) is 1. The predicted octanol–water partition coefficient (Wildman–Crippen LogP) is 3.55. The zero-order valence-corrected chi connectivity index (χ0v) is 12.6. The summed E-state index contributed by atoms with van der Waals surface area (Å²) in [4.78, 5) is 2.03. The number of rotatable bonds is 5. The summed E-state index contributed by atoms with van der Waals surface area (Å²) in [7, 11) is 3.94. The number of benzene rings is 2. The Kier molecular flexibility index (Phi) is 5.18. The summed E-state index contributed by atoms with van der Waals surface area (Å²) in [5.74, 6) is 0. The van der Waals surface area contributed by atoms with Crippen LogP contribution in [-0.2, 0) is 6.42 Å². The van der Waals surface area contributed by atoms with Crippen molar-refractivity contribution in [3.8, 4) is 0 Å². The lowest BCUT2D eigenvalue weighted by atomic mass is 9.95. The summed E-state index contributed by atoms with van der Waals surface area (Å²) in [6.07, 6.45) is 0.141. The molecule has 106 valence electrons. The average Bonchev–Trinajstić information content (AvgIpc) is 2.39. The molecule has 0 aliphatic heterocycles. The van der Waals surface area contributed by atoms with Crippen molar-refractivity contribution in [2.45, 2.75) is 18.6 Å². The van der Waals surface area contributed by atoms with Crippen LogP contribution in [0.4, 0.5) is 0 Å². The number of likely N-dealkylation sites (N-methyl/N-ethyl adjacent to an activating group) is 1. The summed E-state index contributed by atoms with van der Waals surface area (Å²) in [5, 5.41) is 11.3. The fourth-order valence-electron chi connectivity index (χ4n) is 2.52. The highest BCUT2D eigenvalue weighted by Gasteiger charge is 2.23. The first-order valence-corrected chi connectivity index (χ1v) is 7.09. The molecule has 0 spiro atoms. The van der Waals surface area contributed by atoms with Gasteiger partial charge in [-0.2, -0.15) is 0 Å². The van der Waals surface area contributed by atoms with Gasteiger partial charge in [-0.1, -0.05) is 54.1 Å². The van der Waals surface area contributed by atoms with E-state index in [1.165, 1.54) is 0 Å². The Morgan fingerprint density at radius 3 is 2.35 bits per heavy atom. The third kappa shape index (κ3) is 3.83. The second-order valence-electron chi connectivity index (χ2n) is 5.22. The van der Waals surface area contributed by atoms with Crippen LogP contribution in [0.1, 0.15) is 17.2 Å². The molecule has 0 heterocycles. The van der Waals surface area contributed by atoms with Gasteiger partial charge < -0.3 is 10.0 Å². The van der Waals surface area contributed by atoms with Crippen LogP contribution in [0.3, 0.4) is 0 Å². The molecule has 1 N–H and O–H groups in total. The van der Waals surface area contributed by atoms with Crippen LogP contribution in [0.15, 0.2) is 54.6 Å². The van der Waals surface area contributed by atoms with Gasteiger partial charge in [0.2, 0.25) is 0 Å². The molecule has 20 heavy (non-hydrogen) atoms. The van der Waals surface area contributed by atoms with E-state index in [1.54, 1.807) is 0 Å². The first-order chi connectivity index (χ1) is 9.58. The van der Waals surface area contributed by atoms with Gasteiger partial charge in [-0.15, -0.1) is 0 Å². The van der Waals surface area contributed by atoms with Crippen molar-refractivity contribution in [1.29, 1.82) is 0 Å². The van der Waals surface area contributed by atoms with E-state index in [4.69, 9.17) is 11.6 Å². The first kappa shape index (κ1) is 15.0. The molecule has 3 heteroatoms. The van der Waals surface area contributed by atoms with Gasteiger partial charge in [0.1, 0.15) is 0 Å². The van der Waals surface area contributed by atoms with Crippen molar-refractivity contribution >= 4 is 11.6 Å². The van der Waals surface area contributed by atoms with Gasteiger partial charge in [0.05, 0.1) is 12.1 Å². The molecular formula is C17H20ClNO. The molecular weight excluding hydrogens is 270 g/mol. The van der Waals surface area contributed by atoms with E-state index in [9.17, 15) is 5.11 Å². The molecule has 0 aliphatic rings. The molecule has 0 saturated carbocycles. The summed E-state index contributed by atoms with van der Waals surface area (Å²) >= 11 is 6.06. The maximum absolute atomic E-state index is 10.6. The van der Waals surface area contributed by atoms with Crippen LogP contribution in [-0.4, -0.2) is 30.2 Å². The van der Waals surface area contributed by atoms with Gasteiger partial charge in [-0.25, -0.2) is 0 Å². The Hall–Kier alpha value is -1.35. The molecule has 0 saturated heterocycles. The standard InChI is InChI=1S/C17H20ClNO/c1-19(2)17(14-9-6-10-15(18)12-14)16(20)11-13-7-4-3-5-8-13/h3-10,12,16-17,20H,11H2,1-2H3. The van der Waals surface area contributed by atoms with Crippen LogP contribution in [0, 0.1) is 0 Å². The fourth-order valence-corrected chi connectivity index (χ4v) is 2.72. The molecule has 0 aliphatic carbocycles. The Morgan fingerprint density at radius 2 is 1.75 bits per heavy atom. The summed E-state index contributed by atoms with van der Waals surface area (Å²) in [6.45, 7) is 0. The van der Waals surface area contributed by atoms with E-state index in [0.717, 1.165) is 11.1 Å². The Morgan fingerprint density at radius 1 is 1.05 bits per heavy atom. The predicted molar refractivity (Wildman–Crippen MR) is 84.0 cm³/mol. The van der Waals surface area contributed by atoms with Crippen molar-refractivity contribution < 1.29 is 5.11 Å². The van der Waals surface area contributed by atoms with E-state index in [2.05, 4.69) is 0 Å². The number of hydrogen-bond acceptors (Lipinski definition) is 2. The normalized spacial score (nSPS) is 14.2. The smallest absolute Gasteiger partial charge is 0.0777 e. The van der Waals surface area contributed by atoms with Gasteiger partial charge in [0.25, 0.3) is 0 Å². The second kappa shape index (κ2) is 6.89. The molecule has 0 bridgehead atoms. The number of halogens is 1. The number of aliphatic hydroxyl groups is 1. The van der Waals surface area contributed by atoms with Crippen LogP contribution in [0.25, 0.3) is 0 Å². The Bertz CT molecular complexity index is 542. The zero-order chi connectivity index (χ0) is 14.5. The summed E-state index contributed by atoms with van der Waals surface area (Å²) in [5.41, 5.74) is 2.17. The van der Waals surface area contributed by atoms with E-state index < -0.39 is 6.10 Å².